The van der Waals surface area contributed by atoms with Crippen molar-refractivity contribution in [3.05, 3.63) is 65.2 Å². The van der Waals surface area contributed by atoms with Gasteiger partial charge in [-0.05, 0) is 42.8 Å². The Kier molecular flexibility index (Phi) is 6.23. The lowest BCUT2D eigenvalue weighted by Crippen LogP contribution is -2.38. The maximum atomic E-state index is 13.8. The highest BCUT2D eigenvalue weighted by Gasteiger charge is 2.24. The molecule has 3 rings (SSSR count). The number of hydrogen-bond acceptors (Lipinski definition) is 3. The molecule has 0 unspecified atom stereocenters. The van der Waals surface area contributed by atoms with Crippen molar-refractivity contribution in [2.24, 2.45) is 0 Å². The van der Waals surface area contributed by atoms with E-state index >= 15 is 0 Å². The average molecular weight is 388 g/mol. The summed E-state index contributed by atoms with van der Waals surface area (Å²) in [6.45, 7) is 1.66. The van der Waals surface area contributed by atoms with Crippen LogP contribution in [0.25, 0.3) is 0 Å². The van der Waals surface area contributed by atoms with E-state index in [0.717, 1.165) is 12.1 Å². The highest BCUT2D eigenvalue weighted by molar-refractivity contribution is 5.94. The molecule has 1 fully saturated rings. The SMILES string of the molecule is COc1ccc(C(=O)N2CCCN(C(=O)Cc3c(F)cccc3F)CC2)cc1. The standard InChI is InChI=1S/C21H22F2N2O3/c1-28-16-8-6-15(7-9-16)21(27)25-11-3-10-24(12-13-25)20(26)14-17-18(22)4-2-5-19(17)23/h2,4-9H,3,10-14H2,1H3. The molecule has 2 aromatic rings. The number of ether oxygens (including phenoxy) is 1. The molecule has 7 heteroatoms. The molecule has 2 aromatic carbocycles. The number of benzene rings is 2. The summed E-state index contributed by atoms with van der Waals surface area (Å²) in [5.74, 6) is -1.23. The van der Waals surface area contributed by atoms with E-state index in [0.29, 0.717) is 43.9 Å². The summed E-state index contributed by atoms with van der Waals surface area (Å²) in [6, 6.07) is 10.4. The molecule has 0 bridgehead atoms. The van der Waals surface area contributed by atoms with Gasteiger partial charge in [0.15, 0.2) is 0 Å². The van der Waals surface area contributed by atoms with E-state index < -0.39 is 11.6 Å². The molecule has 0 atom stereocenters. The molecule has 0 spiro atoms. The maximum absolute atomic E-state index is 13.8. The molecule has 5 nitrogen and oxygen atoms in total. The van der Waals surface area contributed by atoms with Crippen LogP contribution in [0.1, 0.15) is 22.3 Å². The Hall–Kier alpha value is -2.96. The molecule has 0 N–H and O–H groups in total. The molecule has 28 heavy (non-hydrogen) atoms. The van der Waals surface area contributed by atoms with Gasteiger partial charge in [0.1, 0.15) is 17.4 Å². The number of carbonyl (C=O) groups excluding carboxylic acids is 2. The Balaban J connectivity index is 1.62. The van der Waals surface area contributed by atoms with Crippen LogP contribution in [0.15, 0.2) is 42.5 Å². The van der Waals surface area contributed by atoms with E-state index in [4.69, 9.17) is 4.74 Å². The Morgan fingerprint density at radius 3 is 2.18 bits per heavy atom. The minimum Gasteiger partial charge on any atom is -0.497 e. The summed E-state index contributed by atoms with van der Waals surface area (Å²) >= 11 is 0. The zero-order valence-electron chi connectivity index (χ0n) is 15.7. The van der Waals surface area contributed by atoms with Crippen molar-refractivity contribution in [3.8, 4) is 5.75 Å². The summed E-state index contributed by atoms with van der Waals surface area (Å²) in [6.07, 6.45) is 0.276. The Morgan fingerprint density at radius 1 is 0.929 bits per heavy atom. The predicted octanol–water partition coefficient (Wildman–Crippen LogP) is 2.89. The average Bonchev–Trinajstić information content (AvgIpc) is 2.96. The number of amides is 2. The third kappa shape index (κ3) is 4.47. The summed E-state index contributed by atoms with van der Waals surface area (Å²) in [7, 11) is 1.56. The quantitative estimate of drug-likeness (QED) is 0.809. The van der Waals surface area contributed by atoms with Gasteiger partial charge in [-0.25, -0.2) is 8.78 Å². The van der Waals surface area contributed by atoms with Crippen molar-refractivity contribution in [3.63, 3.8) is 0 Å². The molecule has 1 heterocycles. The van der Waals surface area contributed by atoms with Crippen molar-refractivity contribution in [1.29, 1.82) is 0 Å². The Bertz CT molecular complexity index is 835. The van der Waals surface area contributed by atoms with Crippen LogP contribution in [0.4, 0.5) is 8.78 Å². The highest BCUT2D eigenvalue weighted by atomic mass is 19.1. The second-order valence-corrected chi connectivity index (χ2v) is 6.63. The molecular weight excluding hydrogens is 366 g/mol. The van der Waals surface area contributed by atoms with Crippen molar-refractivity contribution in [2.45, 2.75) is 12.8 Å². The van der Waals surface area contributed by atoms with Gasteiger partial charge in [0, 0.05) is 37.3 Å². The first kappa shape index (κ1) is 19.8. The van der Waals surface area contributed by atoms with Crippen molar-refractivity contribution < 1.29 is 23.1 Å². The van der Waals surface area contributed by atoms with Gasteiger partial charge >= 0.3 is 0 Å². The molecule has 0 saturated carbocycles. The van der Waals surface area contributed by atoms with E-state index in [2.05, 4.69) is 0 Å². The van der Waals surface area contributed by atoms with Gasteiger partial charge < -0.3 is 14.5 Å². The number of hydrogen-bond donors (Lipinski definition) is 0. The second-order valence-electron chi connectivity index (χ2n) is 6.63. The van der Waals surface area contributed by atoms with Gasteiger partial charge in [0.25, 0.3) is 5.91 Å². The highest BCUT2D eigenvalue weighted by Crippen LogP contribution is 2.17. The first-order chi connectivity index (χ1) is 13.5. The molecule has 2 amide bonds. The zero-order chi connectivity index (χ0) is 20.1. The molecule has 0 aliphatic carbocycles. The van der Waals surface area contributed by atoms with Crippen molar-refractivity contribution in [1.82, 2.24) is 9.80 Å². The Morgan fingerprint density at radius 2 is 1.54 bits per heavy atom. The minimum atomic E-state index is -0.723. The smallest absolute Gasteiger partial charge is 0.253 e. The lowest BCUT2D eigenvalue weighted by molar-refractivity contribution is -0.130. The summed E-state index contributed by atoms with van der Waals surface area (Å²) in [5.41, 5.74) is 0.330. The summed E-state index contributed by atoms with van der Waals surface area (Å²) in [4.78, 5) is 28.5. The fourth-order valence-electron chi connectivity index (χ4n) is 3.25. The zero-order valence-corrected chi connectivity index (χ0v) is 15.7. The molecule has 148 valence electrons. The first-order valence-electron chi connectivity index (χ1n) is 9.13. The van der Waals surface area contributed by atoms with E-state index in [9.17, 15) is 18.4 Å². The van der Waals surface area contributed by atoms with Crippen LogP contribution in [0.3, 0.4) is 0 Å². The van der Waals surface area contributed by atoms with Crippen LogP contribution in [-0.2, 0) is 11.2 Å². The minimum absolute atomic E-state index is 0.114. The van der Waals surface area contributed by atoms with E-state index in [1.54, 1.807) is 41.2 Å². The molecular formula is C21H22F2N2O3. The van der Waals surface area contributed by atoms with Gasteiger partial charge in [-0.15, -0.1) is 0 Å². The maximum Gasteiger partial charge on any atom is 0.253 e. The number of nitrogens with zero attached hydrogens (tertiary/aromatic N) is 2. The molecule has 1 saturated heterocycles. The summed E-state index contributed by atoms with van der Waals surface area (Å²) < 4.78 is 32.7. The lowest BCUT2D eigenvalue weighted by atomic mass is 10.1. The third-order valence-electron chi connectivity index (χ3n) is 4.86. The van der Waals surface area contributed by atoms with Crippen LogP contribution < -0.4 is 4.74 Å². The van der Waals surface area contributed by atoms with E-state index in [-0.39, 0.29) is 23.8 Å². The largest absolute Gasteiger partial charge is 0.497 e. The van der Waals surface area contributed by atoms with Crippen molar-refractivity contribution >= 4 is 11.8 Å². The van der Waals surface area contributed by atoms with E-state index in [1.165, 1.54) is 6.07 Å². The normalized spacial score (nSPS) is 14.5. The van der Waals surface area contributed by atoms with Gasteiger partial charge in [-0.2, -0.15) is 0 Å². The van der Waals surface area contributed by atoms with Gasteiger partial charge in [0.05, 0.1) is 13.5 Å². The predicted molar refractivity (Wildman–Crippen MR) is 100 cm³/mol. The first-order valence-corrected chi connectivity index (χ1v) is 9.13. The number of halogens is 2. The third-order valence-corrected chi connectivity index (χ3v) is 4.86. The number of methoxy groups -OCH3 is 1. The topological polar surface area (TPSA) is 49.9 Å². The fourth-order valence-corrected chi connectivity index (χ4v) is 3.25. The van der Waals surface area contributed by atoms with Crippen LogP contribution in [0.2, 0.25) is 0 Å². The molecule has 0 aromatic heterocycles. The molecule has 1 aliphatic rings. The van der Waals surface area contributed by atoms with Crippen LogP contribution in [-0.4, -0.2) is 54.9 Å². The molecule has 0 radical (unpaired) electrons. The lowest BCUT2D eigenvalue weighted by Gasteiger charge is -2.22. The Labute approximate surface area is 162 Å². The van der Waals surface area contributed by atoms with E-state index in [1.807, 2.05) is 0 Å². The fraction of sp³-hybridized carbons (Fsp3) is 0.333. The second kappa shape index (κ2) is 8.82. The van der Waals surface area contributed by atoms with Crippen LogP contribution >= 0.6 is 0 Å². The van der Waals surface area contributed by atoms with Gasteiger partial charge in [-0.1, -0.05) is 6.07 Å². The van der Waals surface area contributed by atoms with Gasteiger partial charge in [0.2, 0.25) is 5.91 Å². The van der Waals surface area contributed by atoms with Crippen LogP contribution in [0, 0.1) is 11.6 Å². The van der Waals surface area contributed by atoms with Gasteiger partial charge in [-0.3, -0.25) is 9.59 Å². The number of carbonyl (C=O) groups is 2. The van der Waals surface area contributed by atoms with Crippen molar-refractivity contribution in [2.75, 3.05) is 33.3 Å². The number of rotatable bonds is 4. The summed E-state index contributed by atoms with van der Waals surface area (Å²) in [5, 5.41) is 0. The van der Waals surface area contributed by atoms with Crippen LogP contribution in [0.5, 0.6) is 5.75 Å². The molecule has 1 aliphatic heterocycles. The monoisotopic (exact) mass is 388 g/mol.